The lowest BCUT2D eigenvalue weighted by atomic mass is 10.1. The van der Waals surface area contributed by atoms with Crippen LogP contribution in [0.1, 0.15) is 20.8 Å². The predicted octanol–water partition coefficient (Wildman–Crippen LogP) is 3.61. The van der Waals surface area contributed by atoms with E-state index in [4.69, 9.17) is 0 Å². The van der Waals surface area contributed by atoms with Crippen molar-refractivity contribution in [2.45, 2.75) is 6.92 Å². The first-order valence-corrected chi connectivity index (χ1v) is 7.73. The lowest BCUT2D eigenvalue weighted by molar-refractivity contribution is 0.0959. The molecule has 0 unspecified atom stereocenters. The highest BCUT2D eigenvalue weighted by Gasteiger charge is 2.13. The van der Waals surface area contributed by atoms with Crippen LogP contribution in [0.3, 0.4) is 0 Å². The molecule has 0 aliphatic heterocycles. The van der Waals surface area contributed by atoms with Gasteiger partial charge in [0.1, 0.15) is 4.88 Å². The van der Waals surface area contributed by atoms with Crippen LogP contribution >= 0.6 is 11.3 Å². The van der Waals surface area contributed by atoms with E-state index in [9.17, 15) is 4.79 Å². The topological polar surface area (TPSA) is 46.4 Å². The van der Waals surface area contributed by atoms with Gasteiger partial charge in [-0.3, -0.25) is 4.79 Å². The number of nitrogens with one attached hydrogen (secondary N) is 1. The second kappa shape index (κ2) is 6.41. The molecule has 4 nitrogen and oxygen atoms in total. The Bertz CT molecular complexity index is 803. The number of aromatic nitrogens is 1. The molecule has 2 heterocycles. The summed E-state index contributed by atoms with van der Waals surface area (Å²) in [4.78, 5) is 12.9. The molecule has 0 saturated carbocycles. The van der Waals surface area contributed by atoms with E-state index in [0.717, 1.165) is 16.8 Å². The van der Waals surface area contributed by atoms with E-state index in [0.29, 0.717) is 4.88 Å². The second-order valence-electron chi connectivity index (χ2n) is 4.78. The number of amides is 1. The number of carbonyl (C=O) groups is 1. The maximum absolute atomic E-state index is 12.3. The molecule has 3 rings (SSSR count). The van der Waals surface area contributed by atoms with Crippen molar-refractivity contribution in [3.63, 3.8) is 0 Å². The van der Waals surface area contributed by atoms with Gasteiger partial charge in [0.2, 0.25) is 0 Å². The van der Waals surface area contributed by atoms with Crippen LogP contribution in [0.4, 0.5) is 0 Å². The predicted molar refractivity (Wildman–Crippen MR) is 89.9 cm³/mol. The summed E-state index contributed by atoms with van der Waals surface area (Å²) in [6.07, 6.45) is 5.49. The first-order valence-electron chi connectivity index (χ1n) is 6.85. The van der Waals surface area contributed by atoms with Crippen LogP contribution in [-0.4, -0.2) is 16.7 Å². The van der Waals surface area contributed by atoms with Crippen LogP contribution in [0, 0.1) is 6.92 Å². The van der Waals surface area contributed by atoms with Crippen LogP contribution in [0.15, 0.2) is 65.3 Å². The van der Waals surface area contributed by atoms with Crippen LogP contribution < -0.4 is 5.43 Å². The highest BCUT2D eigenvalue weighted by atomic mass is 32.1. The van der Waals surface area contributed by atoms with E-state index in [1.807, 2.05) is 71.7 Å². The van der Waals surface area contributed by atoms with Crippen LogP contribution in [-0.2, 0) is 0 Å². The normalized spacial score (nSPS) is 11.0. The third-order valence-electron chi connectivity index (χ3n) is 3.29. The maximum Gasteiger partial charge on any atom is 0.283 e. The van der Waals surface area contributed by atoms with Crippen LogP contribution in [0.5, 0.6) is 0 Å². The summed E-state index contributed by atoms with van der Waals surface area (Å²) in [5, 5.41) is 5.95. The van der Waals surface area contributed by atoms with E-state index < -0.39 is 0 Å². The van der Waals surface area contributed by atoms with Gasteiger partial charge in [-0.15, -0.1) is 11.3 Å². The fourth-order valence-electron chi connectivity index (χ4n) is 2.11. The molecule has 0 radical (unpaired) electrons. The summed E-state index contributed by atoms with van der Waals surface area (Å²) in [7, 11) is 0. The summed E-state index contributed by atoms with van der Waals surface area (Å²) in [5.41, 5.74) is 5.55. The highest BCUT2D eigenvalue weighted by Crippen LogP contribution is 2.21. The van der Waals surface area contributed by atoms with E-state index in [-0.39, 0.29) is 5.91 Å². The number of hydrogen-bond acceptors (Lipinski definition) is 3. The Hall–Kier alpha value is -2.66. The lowest BCUT2D eigenvalue weighted by Crippen LogP contribution is -2.18. The molecule has 2 aromatic heterocycles. The molecular formula is C17H15N3OS. The number of hydrogen-bond donors (Lipinski definition) is 1. The standard InChI is InChI=1S/C17H15N3OS/c1-13-6-2-3-7-14(13)12-18-19-17(21)16-15(8-11-22-16)20-9-4-5-10-20/h2-12H,1H3,(H,19,21). The first kappa shape index (κ1) is 14.3. The van der Waals surface area contributed by atoms with Crippen molar-refractivity contribution in [2.75, 3.05) is 0 Å². The maximum atomic E-state index is 12.3. The summed E-state index contributed by atoms with van der Waals surface area (Å²) < 4.78 is 1.91. The summed E-state index contributed by atoms with van der Waals surface area (Å²) in [5.74, 6) is -0.205. The van der Waals surface area contributed by atoms with Crippen molar-refractivity contribution in [1.82, 2.24) is 9.99 Å². The minimum Gasteiger partial charge on any atom is -0.322 e. The fourth-order valence-corrected chi connectivity index (χ4v) is 2.89. The van der Waals surface area contributed by atoms with Gasteiger partial charge in [0.15, 0.2) is 0 Å². The van der Waals surface area contributed by atoms with Crippen LogP contribution in [0.25, 0.3) is 5.69 Å². The van der Waals surface area contributed by atoms with Gasteiger partial charge in [-0.2, -0.15) is 5.10 Å². The molecule has 1 amide bonds. The lowest BCUT2D eigenvalue weighted by Gasteiger charge is -2.04. The average Bonchev–Trinajstić information content (AvgIpc) is 3.19. The zero-order chi connectivity index (χ0) is 15.4. The van der Waals surface area contributed by atoms with Crippen molar-refractivity contribution in [3.05, 3.63) is 76.2 Å². The quantitative estimate of drug-likeness (QED) is 0.581. The molecule has 22 heavy (non-hydrogen) atoms. The Morgan fingerprint density at radius 2 is 1.95 bits per heavy atom. The van der Waals surface area contributed by atoms with Gasteiger partial charge in [-0.25, -0.2) is 5.43 Å². The number of rotatable bonds is 4. The Labute approximate surface area is 132 Å². The van der Waals surface area contributed by atoms with Crippen LogP contribution in [0.2, 0.25) is 0 Å². The molecule has 0 atom stereocenters. The molecule has 5 heteroatoms. The zero-order valence-corrected chi connectivity index (χ0v) is 12.9. The van der Waals surface area contributed by atoms with E-state index in [1.165, 1.54) is 11.3 Å². The highest BCUT2D eigenvalue weighted by molar-refractivity contribution is 7.12. The van der Waals surface area contributed by atoms with Gasteiger partial charge < -0.3 is 4.57 Å². The number of thiophene rings is 1. The Balaban J connectivity index is 1.74. The van der Waals surface area contributed by atoms with Crippen molar-refractivity contribution in [3.8, 4) is 5.69 Å². The molecule has 0 bridgehead atoms. The van der Waals surface area contributed by atoms with Gasteiger partial charge in [0.05, 0.1) is 11.9 Å². The third kappa shape index (κ3) is 2.99. The number of aryl methyl sites for hydroxylation is 1. The summed E-state index contributed by atoms with van der Waals surface area (Å²) in [6.45, 7) is 2.01. The third-order valence-corrected chi connectivity index (χ3v) is 4.19. The molecule has 0 saturated heterocycles. The van der Waals surface area contributed by atoms with Gasteiger partial charge >= 0.3 is 0 Å². The smallest absolute Gasteiger partial charge is 0.283 e. The zero-order valence-electron chi connectivity index (χ0n) is 12.1. The Morgan fingerprint density at radius 1 is 1.18 bits per heavy atom. The Morgan fingerprint density at radius 3 is 2.73 bits per heavy atom. The first-order chi connectivity index (χ1) is 10.8. The fraction of sp³-hybridized carbons (Fsp3) is 0.0588. The number of nitrogens with zero attached hydrogens (tertiary/aromatic N) is 2. The van der Waals surface area contributed by atoms with Gasteiger partial charge in [0, 0.05) is 12.4 Å². The van der Waals surface area contributed by atoms with E-state index >= 15 is 0 Å². The molecule has 3 aromatic rings. The average molecular weight is 309 g/mol. The van der Waals surface area contributed by atoms with E-state index in [1.54, 1.807) is 6.21 Å². The van der Waals surface area contributed by atoms with Crippen molar-refractivity contribution < 1.29 is 4.79 Å². The SMILES string of the molecule is Cc1ccccc1C=NNC(=O)c1sccc1-n1cccc1. The molecule has 0 fully saturated rings. The molecule has 1 N–H and O–H groups in total. The van der Waals surface area contributed by atoms with Gasteiger partial charge in [0.25, 0.3) is 5.91 Å². The largest absolute Gasteiger partial charge is 0.322 e. The number of benzene rings is 1. The minimum atomic E-state index is -0.205. The van der Waals surface area contributed by atoms with E-state index in [2.05, 4.69) is 10.5 Å². The van der Waals surface area contributed by atoms with Gasteiger partial charge in [-0.1, -0.05) is 24.3 Å². The van der Waals surface area contributed by atoms with Crippen molar-refractivity contribution in [1.29, 1.82) is 0 Å². The monoisotopic (exact) mass is 309 g/mol. The molecule has 0 aliphatic carbocycles. The summed E-state index contributed by atoms with van der Waals surface area (Å²) >= 11 is 1.40. The Kier molecular flexibility index (Phi) is 4.16. The molecular weight excluding hydrogens is 294 g/mol. The number of carbonyl (C=O) groups excluding carboxylic acids is 1. The molecule has 110 valence electrons. The van der Waals surface area contributed by atoms with Gasteiger partial charge in [-0.05, 0) is 41.6 Å². The molecule has 0 spiro atoms. The number of hydrazone groups is 1. The van der Waals surface area contributed by atoms with Crippen molar-refractivity contribution >= 4 is 23.5 Å². The molecule has 0 aliphatic rings. The summed E-state index contributed by atoms with van der Waals surface area (Å²) in [6, 6.07) is 13.7. The minimum absolute atomic E-state index is 0.205. The van der Waals surface area contributed by atoms with Crippen molar-refractivity contribution in [2.24, 2.45) is 5.10 Å². The second-order valence-corrected chi connectivity index (χ2v) is 5.70. The molecule has 1 aromatic carbocycles.